The molecule has 0 spiro atoms. The average molecular weight is 256 g/mol. The van der Waals surface area contributed by atoms with E-state index in [9.17, 15) is 5.11 Å². The Morgan fingerprint density at radius 2 is 1.68 bits per heavy atom. The van der Waals surface area contributed by atoms with Crippen LogP contribution in [-0.4, -0.2) is 11.7 Å². The number of rotatable bonds is 6. The molecule has 2 nitrogen and oxygen atoms in total. The molecule has 2 heteroatoms. The van der Waals surface area contributed by atoms with E-state index in [1.165, 1.54) is 5.56 Å². The molecule has 2 aromatic carbocycles. The number of aliphatic hydroxyl groups is 1. The van der Waals surface area contributed by atoms with Crippen LogP contribution in [-0.2, 0) is 6.42 Å². The van der Waals surface area contributed by atoms with Gasteiger partial charge in [-0.1, -0.05) is 55.5 Å². The third-order valence-electron chi connectivity index (χ3n) is 3.16. The fourth-order valence-electron chi connectivity index (χ4n) is 2.03. The van der Waals surface area contributed by atoms with Crippen LogP contribution in [0.1, 0.15) is 30.6 Å². The van der Waals surface area contributed by atoms with Gasteiger partial charge in [0.2, 0.25) is 0 Å². The van der Waals surface area contributed by atoms with Crippen molar-refractivity contribution in [2.24, 2.45) is 0 Å². The van der Waals surface area contributed by atoms with Crippen LogP contribution in [0, 0.1) is 0 Å². The van der Waals surface area contributed by atoms with Gasteiger partial charge in [-0.2, -0.15) is 0 Å². The molecule has 0 aliphatic carbocycles. The van der Waals surface area contributed by atoms with Crippen molar-refractivity contribution < 1.29 is 9.84 Å². The van der Waals surface area contributed by atoms with Crippen LogP contribution in [0.2, 0.25) is 0 Å². The highest BCUT2D eigenvalue weighted by Crippen LogP contribution is 2.26. The standard InChI is InChI=1S/C17H20O2/c1-2-16(18)15-10-6-7-11-17(15)19-13-12-14-8-4-3-5-9-14/h3-11,16,18H,2,12-13H2,1H3. The zero-order valence-electron chi connectivity index (χ0n) is 11.3. The lowest BCUT2D eigenvalue weighted by Crippen LogP contribution is -2.05. The third-order valence-corrected chi connectivity index (χ3v) is 3.16. The fraction of sp³-hybridized carbons (Fsp3) is 0.294. The molecule has 0 aliphatic rings. The minimum atomic E-state index is -0.451. The van der Waals surface area contributed by atoms with Gasteiger partial charge in [-0.15, -0.1) is 0 Å². The summed E-state index contributed by atoms with van der Waals surface area (Å²) in [5, 5.41) is 9.95. The van der Waals surface area contributed by atoms with Crippen molar-refractivity contribution >= 4 is 0 Å². The van der Waals surface area contributed by atoms with E-state index in [1.807, 2.05) is 49.4 Å². The molecule has 0 fully saturated rings. The Morgan fingerprint density at radius 1 is 1.00 bits per heavy atom. The summed E-state index contributed by atoms with van der Waals surface area (Å²) in [6, 6.07) is 18.0. The van der Waals surface area contributed by atoms with Gasteiger partial charge in [-0.05, 0) is 18.1 Å². The molecule has 0 bridgehead atoms. The smallest absolute Gasteiger partial charge is 0.125 e. The molecule has 1 N–H and O–H groups in total. The molecule has 0 radical (unpaired) electrons. The number of hydrogen-bond acceptors (Lipinski definition) is 2. The summed E-state index contributed by atoms with van der Waals surface area (Å²) in [5.41, 5.74) is 2.13. The van der Waals surface area contributed by atoms with Crippen molar-refractivity contribution in [3.63, 3.8) is 0 Å². The average Bonchev–Trinajstić information content (AvgIpc) is 2.48. The van der Waals surface area contributed by atoms with Gasteiger partial charge in [0.15, 0.2) is 0 Å². The molecule has 19 heavy (non-hydrogen) atoms. The predicted molar refractivity (Wildman–Crippen MR) is 77.3 cm³/mol. The van der Waals surface area contributed by atoms with Crippen LogP contribution >= 0.6 is 0 Å². The van der Waals surface area contributed by atoms with E-state index in [0.29, 0.717) is 13.0 Å². The zero-order chi connectivity index (χ0) is 13.5. The number of ether oxygens (including phenoxy) is 1. The molecule has 1 atom stereocenters. The summed E-state index contributed by atoms with van der Waals surface area (Å²) >= 11 is 0. The lowest BCUT2D eigenvalue weighted by molar-refractivity contribution is 0.167. The zero-order valence-corrected chi connectivity index (χ0v) is 11.3. The molecule has 0 saturated heterocycles. The molecule has 0 saturated carbocycles. The van der Waals surface area contributed by atoms with Gasteiger partial charge in [0.25, 0.3) is 0 Å². The fourth-order valence-corrected chi connectivity index (χ4v) is 2.03. The Balaban J connectivity index is 1.96. The van der Waals surface area contributed by atoms with Crippen molar-refractivity contribution in [2.45, 2.75) is 25.9 Å². The second kappa shape index (κ2) is 6.95. The van der Waals surface area contributed by atoms with E-state index in [1.54, 1.807) is 0 Å². The van der Waals surface area contributed by atoms with Crippen LogP contribution in [0.4, 0.5) is 0 Å². The van der Waals surface area contributed by atoms with Crippen molar-refractivity contribution in [3.8, 4) is 5.75 Å². The molecule has 0 aliphatic heterocycles. The molecule has 1 unspecified atom stereocenters. The summed E-state index contributed by atoms with van der Waals surface area (Å²) in [6.07, 6.45) is 1.11. The highest BCUT2D eigenvalue weighted by molar-refractivity contribution is 5.35. The molecule has 0 aromatic heterocycles. The maximum atomic E-state index is 9.95. The first kappa shape index (κ1) is 13.6. The second-order valence-electron chi connectivity index (χ2n) is 4.55. The number of aliphatic hydroxyl groups excluding tert-OH is 1. The van der Waals surface area contributed by atoms with Crippen LogP contribution in [0.15, 0.2) is 54.6 Å². The van der Waals surface area contributed by atoms with Gasteiger partial charge in [0.05, 0.1) is 12.7 Å². The van der Waals surface area contributed by atoms with Gasteiger partial charge >= 0.3 is 0 Å². The van der Waals surface area contributed by atoms with Crippen LogP contribution in [0.25, 0.3) is 0 Å². The van der Waals surface area contributed by atoms with Crippen LogP contribution in [0.3, 0.4) is 0 Å². The quantitative estimate of drug-likeness (QED) is 0.853. The monoisotopic (exact) mass is 256 g/mol. The van der Waals surface area contributed by atoms with E-state index in [4.69, 9.17) is 4.74 Å². The lowest BCUT2D eigenvalue weighted by Gasteiger charge is -2.14. The second-order valence-corrected chi connectivity index (χ2v) is 4.55. The normalized spacial score (nSPS) is 12.1. The van der Waals surface area contributed by atoms with E-state index in [2.05, 4.69) is 12.1 Å². The van der Waals surface area contributed by atoms with Crippen LogP contribution in [0.5, 0.6) is 5.75 Å². The van der Waals surface area contributed by atoms with E-state index < -0.39 is 6.10 Å². The summed E-state index contributed by atoms with van der Waals surface area (Å²) in [6.45, 7) is 2.59. The van der Waals surface area contributed by atoms with E-state index in [0.717, 1.165) is 17.7 Å². The molecular weight excluding hydrogens is 236 g/mol. The highest BCUT2D eigenvalue weighted by atomic mass is 16.5. The summed E-state index contributed by atoms with van der Waals surface area (Å²) < 4.78 is 5.80. The number of benzene rings is 2. The van der Waals surface area contributed by atoms with Gasteiger partial charge < -0.3 is 9.84 Å². The van der Waals surface area contributed by atoms with Crippen molar-refractivity contribution in [2.75, 3.05) is 6.61 Å². The first-order valence-corrected chi connectivity index (χ1v) is 6.75. The topological polar surface area (TPSA) is 29.5 Å². The van der Waals surface area contributed by atoms with Gasteiger partial charge in [-0.3, -0.25) is 0 Å². The van der Waals surface area contributed by atoms with E-state index in [-0.39, 0.29) is 0 Å². The van der Waals surface area contributed by atoms with Gasteiger partial charge in [-0.25, -0.2) is 0 Å². The third kappa shape index (κ3) is 3.83. The van der Waals surface area contributed by atoms with Gasteiger partial charge in [0, 0.05) is 12.0 Å². The Kier molecular flexibility index (Phi) is 4.99. The van der Waals surface area contributed by atoms with Gasteiger partial charge in [0.1, 0.15) is 5.75 Å². The van der Waals surface area contributed by atoms with Crippen molar-refractivity contribution in [1.82, 2.24) is 0 Å². The molecule has 0 heterocycles. The summed E-state index contributed by atoms with van der Waals surface area (Å²) in [7, 11) is 0. The van der Waals surface area contributed by atoms with E-state index >= 15 is 0 Å². The Bertz CT molecular complexity index is 494. The lowest BCUT2D eigenvalue weighted by atomic mass is 10.1. The maximum Gasteiger partial charge on any atom is 0.125 e. The van der Waals surface area contributed by atoms with Crippen LogP contribution < -0.4 is 4.74 Å². The largest absolute Gasteiger partial charge is 0.493 e. The Morgan fingerprint density at radius 3 is 2.42 bits per heavy atom. The Hall–Kier alpha value is -1.80. The number of para-hydroxylation sites is 1. The first-order chi connectivity index (χ1) is 9.31. The molecular formula is C17H20O2. The summed E-state index contributed by atoms with van der Waals surface area (Å²) in [4.78, 5) is 0. The van der Waals surface area contributed by atoms with Crippen molar-refractivity contribution in [1.29, 1.82) is 0 Å². The molecule has 100 valence electrons. The highest BCUT2D eigenvalue weighted by Gasteiger charge is 2.10. The minimum Gasteiger partial charge on any atom is -0.493 e. The first-order valence-electron chi connectivity index (χ1n) is 6.75. The summed E-state index contributed by atoms with van der Waals surface area (Å²) in [5.74, 6) is 0.785. The van der Waals surface area contributed by atoms with Crippen molar-refractivity contribution in [3.05, 3.63) is 65.7 Å². The molecule has 2 rings (SSSR count). The molecule has 2 aromatic rings. The molecule has 0 amide bonds. The Labute approximate surface area is 114 Å². The predicted octanol–water partition coefficient (Wildman–Crippen LogP) is 3.75. The maximum absolute atomic E-state index is 9.95. The minimum absolute atomic E-state index is 0.451. The SMILES string of the molecule is CCC(O)c1ccccc1OCCc1ccccc1. The number of hydrogen-bond donors (Lipinski definition) is 1.